The molecule has 1 fully saturated rings. The molecule has 2 aromatic carbocycles. The highest BCUT2D eigenvalue weighted by Crippen LogP contribution is 2.25. The summed E-state index contributed by atoms with van der Waals surface area (Å²) >= 11 is 0. The molecule has 1 aliphatic rings. The number of anilines is 2. The Bertz CT molecular complexity index is 1010. The van der Waals surface area contributed by atoms with Gasteiger partial charge < -0.3 is 15.1 Å². The van der Waals surface area contributed by atoms with E-state index >= 15 is 0 Å². The maximum atomic E-state index is 12.7. The summed E-state index contributed by atoms with van der Waals surface area (Å²) in [6.45, 7) is 7.73. The van der Waals surface area contributed by atoms with Crippen LogP contribution in [-0.4, -0.2) is 58.9 Å². The highest BCUT2D eigenvalue weighted by molar-refractivity contribution is 5.94. The minimum atomic E-state index is 0.0909. The van der Waals surface area contributed by atoms with Crippen molar-refractivity contribution >= 4 is 28.4 Å². The lowest BCUT2D eigenvalue weighted by atomic mass is 10.0. The Morgan fingerprint density at radius 1 is 1.03 bits per heavy atom. The van der Waals surface area contributed by atoms with Gasteiger partial charge in [0.05, 0.1) is 5.52 Å². The molecular weight excluding hydrogens is 362 g/mol. The van der Waals surface area contributed by atoms with E-state index in [1.807, 2.05) is 47.5 Å². The molecule has 6 heteroatoms. The van der Waals surface area contributed by atoms with Crippen LogP contribution in [0.25, 0.3) is 10.9 Å². The number of nitrogens with zero attached hydrogens (tertiary/aromatic N) is 4. The van der Waals surface area contributed by atoms with Gasteiger partial charge in [-0.15, -0.1) is 0 Å². The van der Waals surface area contributed by atoms with Gasteiger partial charge in [0.1, 0.15) is 0 Å². The molecule has 0 unspecified atom stereocenters. The molecule has 0 bridgehead atoms. The van der Waals surface area contributed by atoms with Gasteiger partial charge in [-0.2, -0.15) is 0 Å². The average Bonchev–Trinajstić information content (AvgIpc) is 2.74. The molecule has 0 aliphatic carbocycles. The Kier molecular flexibility index (Phi) is 5.45. The highest BCUT2D eigenvalue weighted by atomic mass is 16.2. The van der Waals surface area contributed by atoms with E-state index in [9.17, 15) is 4.79 Å². The number of carbonyl (C=O) groups excluding carboxylic acids is 1. The zero-order chi connectivity index (χ0) is 20.4. The molecule has 1 saturated heterocycles. The number of aromatic nitrogens is 2. The van der Waals surface area contributed by atoms with Crippen LogP contribution in [0.5, 0.6) is 0 Å². The first-order chi connectivity index (χ1) is 14.0. The van der Waals surface area contributed by atoms with Crippen LogP contribution in [0, 0.1) is 0 Å². The number of para-hydroxylation sites is 1. The van der Waals surface area contributed by atoms with E-state index in [0.29, 0.717) is 17.4 Å². The third kappa shape index (κ3) is 4.22. The first-order valence-electron chi connectivity index (χ1n) is 10.1. The lowest BCUT2D eigenvalue weighted by Crippen LogP contribution is -2.47. The van der Waals surface area contributed by atoms with Crippen LogP contribution in [0.15, 0.2) is 48.7 Å². The molecule has 29 heavy (non-hydrogen) atoms. The van der Waals surface area contributed by atoms with Gasteiger partial charge in [0, 0.05) is 49.0 Å². The van der Waals surface area contributed by atoms with Gasteiger partial charge >= 0.3 is 0 Å². The molecule has 0 spiro atoms. The number of fused-ring (bicyclic) bond motifs is 1. The first-order valence-corrected chi connectivity index (χ1v) is 10.1. The van der Waals surface area contributed by atoms with Crippen molar-refractivity contribution in [2.75, 3.05) is 38.5 Å². The molecule has 6 nitrogen and oxygen atoms in total. The third-order valence-electron chi connectivity index (χ3n) is 5.44. The van der Waals surface area contributed by atoms with Crippen LogP contribution in [0.3, 0.4) is 0 Å². The maximum Gasteiger partial charge on any atom is 0.253 e. The predicted octanol–water partition coefficient (Wildman–Crippen LogP) is 3.88. The van der Waals surface area contributed by atoms with Crippen LogP contribution in [0.4, 0.5) is 11.6 Å². The summed E-state index contributed by atoms with van der Waals surface area (Å²) in [5, 5.41) is 4.30. The smallest absolute Gasteiger partial charge is 0.253 e. The number of amides is 1. The van der Waals surface area contributed by atoms with Crippen molar-refractivity contribution in [3.8, 4) is 0 Å². The number of hydrogen-bond acceptors (Lipinski definition) is 5. The Morgan fingerprint density at radius 2 is 1.76 bits per heavy atom. The fraction of sp³-hybridized carbons (Fsp3) is 0.348. The number of likely N-dealkylation sites (N-methyl/N-ethyl adjacent to an activating group) is 1. The van der Waals surface area contributed by atoms with E-state index in [4.69, 9.17) is 4.98 Å². The quantitative estimate of drug-likeness (QED) is 0.734. The zero-order valence-corrected chi connectivity index (χ0v) is 17.2. The number of carbonyl (C=O) groups is 1. The maximum absolute atomic E-state index is 12.7. The molecule has 2 heterocycles. The van der Waals surface area contributed by atoms with Crippen LogP contribution in [-0.2, 0) is 0 Å². The van der Waals surface area contributed by atoms with Gasteiger partial charge in [0.2, 0.25) is 5.95 Å². The topological polar surface area (TPSA) is 61.4 Å². The van der Waals surface area contributed by atoms with Crippen molar-refractivity contribution in [2.24, 2.45) is 0 Å². The molecule has 3 aromatic rings. The van der Waals surface area contributed by atoms with Crippen LogP contribution in [0.1, 0.15) is 35.7 Å². The lowest BCUT2D eigenvalue weighted by molar-refractivity contribution is 0.0664. The third-order valence-corrected chi connectivity index (χ3v) is 5.44. The Labute approximate surface area is 171 Å². The first kappa shape index (κ1) is 19.3. The van der Waals surface area contributed by atoms with Gasteiger partial charge in [0.25, 0.3) is 5.91 Å². The molecule has 0 saturated carbocycles. The normalized spacial score (nSPS) is 15.1. The van der Waals surface area contributed by atoms with Crippen LogP contribution < -0.4 is 5.32 Å². The van der Waals surface area contributed by atoms with E-state index in [1.54, 1.807) is 0 Å². The fourth-order valence-corrected chi connectivity index (χ4v) is 3.62. The minimum absolute atomic E-state index is 0.0909. The van der Waals surface area contributed by atoms with Crippen LogP contribution >= 0.6 is 0 Å². The minimum Gasteiger partial charge on any atom is -0.336 e. The second-order valence-electron chi connectivity index (χ2n) is 7.93. The van der Waals surface area contributed by atoms with Gasteiger partial charge in [-0.1, -0.05) is 32.0 Å². The Hall–Kier alpha value is -2.99. The van der Waals surface area contributed by atoms with Crippen LogP contribution in [0.2, 0.25) is 0 Å². The second-order valence-corrected chi connectivity index (χ2v) is 7.93. The largest absolute Gasteiger partial charge is 0.336 e. The van der Waals surface area contributed by atoms with Gasteiger partial charge in [-0.25, -0.2) is 9.97 Å². The summed E-state index contributed by atoms with van der Waals surface area (Å²) < 4.78 is 0. The fourth-order valence-electron chi connectivity index (χ4n) is 3.62. The SMILES string of the molecule is CC(C)c1cccc2cnc(Nc3ccc(C(=O)N4CCN(C)CC4)cc3)nc12. The number of rotatable bonds is 4. The van der Waals surface area contributed by atoms with E-state index in [0.717, 1.165) is 42.8 Å². The predicted molar refractivity (Wildman–Crippen MR) is 117 cm³/mol. The highest BCUT2D eigenvalue weighted by Gasteiger charge is 2.20. The Balaban J connectivity index is 1.50. The molecule has 0 radical (unpaired) electrons. The molecule has 150 valence electrons. The van der Waals surface area contributed by atoms with E-state index in [-0.39, 0.29) is 5.91 Å². The van der Waals surface area contributed by atoms with Crippen molar-refractivity contribution in [3.63, 3.8) is 0 Å². The van der Waals surface area contributed by atoms with Crippen molar-refractivity contribution in [3.05, 3.63) is 59.8 Å². The second kappa shape index (κ2) is 8.17. The van der Waals surface area contributed by atoms with Gasteiger partial charge in [0.15, 0.2) is 0 Å². The monoisotopic (exact) mass is 389 g/mol. The number of hydrogen-bond donors (Lipinski definition) is 1. The summed E-state index contributed by atoms with van der Waals surface area (Å²) in [6.07, 6.45) is 1.85. The lowest BCUT2D eigenvalue weighted by Gasteiger charge is -2.32. The molecule has 0 atom stereocenters. The van der Waals surface area contributed by atoms with E-state index in [2.05, 4.69) is 42.2 Å². The zero-order valence-electron chi connectivity index (χ0n) is 17.2. The van der Waals surface area contributed by atoms with Gasteiger partial charge in [-0.05, 0) is 42.8 Å². The standard InChI is InChI=1S/C23H27N5O/c1-16(2)20-6-4-5-18-15-24-23(26-21(18)20)25-19-9-7-17(8-10-19)22(29)28-13-11-27(3)12-14-28/h4-10,15-16H,11-14H2,1-3H3,(H,24,25,26). The van der Waals surface area contributed by atoms with Crippen molar-refractivity contribution < 1.29 is 4.79 Å². The molecule has 1 amide bonds. The van der Waals surface area contributed by atoms with Crippen molar-refractivity contribution in [2.45, 2.75) is 19.8 Å². The average molecular weight is 390 g/mol. The van der Waals surface area contributed by atoms with E-state index in [1.165, 1.54) is 5.56 Å². The molecule has 1 N–H and O–H groups in total. The van der Waals surface area contributed by atoms with Gasteiger partial charge in [-0.3, -0.25) is 4.79 Å². The van der Waals surface area contributed by atoms with E-state index < -0.39 is 0 Å². The summed E-state index contributed by atoms with van der Waals surface area (Å²) in [6, 6.07) is 13.7. The molecule has 1 aromatic heterocycles. The van der Waals surface area contributed by atoms with Crippen molar-refractivity contribution in [1.29, 1.82) is 0 Å². The number of benzene rings is 2. The number of nitrogens with one attached hydrogen (secondary N) is 1. The number of piperazine rings is 1. The molecule has 1 aliphatic heterocycles. The molecule has 4 rings (SSSR count). The van der Waals surface area contributed by atoms with Crippen molar-refractivity contribution in [1.82, 2.24) is 19.8 Å². The summed E-state index contributed by atoms with van der Waals surface area (Å²) in [5.41, 5.74) is 3.76. The molecular formula is C23H27N5O. The summed E-state index contributed by atoms with van der Waals surface area (Å²) in [5.74, 6) is 1.04. The summed E-state index contributed by atoms with van der Waals surface area (Å²) in [7, 11) is 2.08. The Morgan fingerprint density at radius 3 is 2.45 bits per heavy atom. The summed E-state index contributed by atoms with van der Waals surface area (Å²) in [4.78, 5) is 26.0.